The molecule has 0 unspecified atom stereocenters. The number of unbranched alkanes of at least 4 members (excludes halogenated alkanes) is 4. The van der Waals surface area contributed by atoms with Crippen LogP contribution < -0.4 is 5.32 Å². The third-order valence-electron chi connectivity index (χ3n) is 5.22. The van der Waals surface area contributed by atoms with Crippen molar-refractivity contribution in [2.45, 2.75) is 45.6 Å². The summed E-state index contributed by atoms with van der Waals surface area (Å²) < 4.78 is 6.66. The van der Waals surface area contributed by atoms with E-state index in [2.05, 4.69) is 32.5 Å². The molecule has 3 aromatic heterocycles. The molecule has 1 aromatic carbocycles. The fraction of sp³-hybridized carbons (Fsp3) is 0.304. The van der Waals surface area contributed by atoms with Crippen molar-refractivity contribution in [3.63, 3.8) is 0 Å². The summed E-state index contributed by atoms with van der Waals surface area (Å²) in [6.07, 6.45) is 7.28. The lowest BCUT2D eigenvalue weighted by Gasteiger charge is -2.07. The van der Waals surface area contributed by atoms with Gasteiger partial charge in [-0.1, -0.05) is 32.6 Å². The fourth-order valence-electron chi connectivity index (χ4n) is 3.50. The summed E-state index contributed by atoms with van der Waals surface area (Å²) in [6, 6.07) is 8.86. The second-order valence-electron chi connectivity index (χ2n) is 7.59. The smallest absolute Gasteiger partial charge is 0.259 e. The van der Waals surface area contributed by atoms with Crippen molar-refractivity contribution in [3.05, 3.63) is 51.9 Å². The number of aromatic nitrogens is 4. The molecule has 1 amide bonds. The van der Waals surface area contributed by atoms with Crippen LogP contribution in [0.5, 0.6) is 5.75 Å². The van der Waals surface area contributed by atoms with Gasteiger partial charge in [0.15, 0.2) is 11.5 Å². The highest BCUT2D eigenvalue weighted by atomic mass is 79.9. The molecule has 4 rings (SSSR count). The van der Waals surface area contributed by atoms with E-state index in [1.54, 1.807) is 23.7 Å². The molecular formula is C23H24BrN5O2S. The molecule has 0 saturated carbocycles. The molecule has 3 heterocycles. The van der Waals surface area contributed by atoms with E-state index in [9.17, 15) is 9.90 Å². The Hall–Kier alpha value is -2.78. The van der Waals surface area contributed by atoms with Crippen molar-refractivity contribution < 1.29 is 9.90 Å². The Morgan fingerprint density at radius 2 is 1.97 bits per heavy atom. The number of benzene rings is 1. The molecule has 9 heteroatoms. The molecule has 0 aliphatic heterocycles. The Labute approximate surface area is 198 Å². The van der Waals surface area contributed by atoms with Crippen LogP contribution in [0.2, 0.25) is 0 Å². The molecule has 0 radical (unpaired) electrons. The Bertz CT molecular complexity index is 1210. The number of hydrogen-bond donors (Lipinski definition) is 2. The second-order valence-corrected chi connectivity index (χ2v) is 9.10. The highest BCUT2D eigenvalue weighted by Gasteiger charge is 2.19. The maximum atomic E-state index is 12.6. The van der Waals surface area contributed by atoms with E-state index in [4.69, 9.17) is 10.1 Å². The largest absolute Gasteiger partial charge is 0.508 e. The van der Waals surface area contributed by atoms with Crippen LogP contribution in [0.25, 0.3) is 22.3 Å². The van der Waals surface area contributed by atoms with Gasteiger partial charge in [-0.05, 0) is 64.2 Å². The lowest BCUT2D eigenvalue weighted by molar-refractivity contribution is 0.102. The normalized spacial score (nSPS) is 11.2. The average Bonchev–Trinajstić information content (AvgIpc) is 3.43. The van der Waals surface area contributed by atoms with E-state index >= 15 is 0 Å². The van der Waals surface area contributed by atoms with Gasteiger partial charge in [-0.3, -0.25) is 4.79 Å². The monoisotopic (exact) mass is 513 g/mol. The highest BCUT2D eigenvalue weighted by Crippen LogP contribution is 2.33. The van der Waals surface area contributed by atoms with Gasteiger partial charge in [0.25, 0.3) is 5.91 Å². The number of pyridine rings is 1. The van der Waals surface area contributed by atoms with E-state index in [-0.39, 0.29) is 11.7 Å². The zero-order valence-corrected chi connectivity index (χ0v) is 20.1. The van der Waals surface area contributed by atoms with Crippen molar-refractivity contribution in [2.24, 2.45) is 0 Å². The van der Waals surface area contributed by atoms with Crippen LogP contribution in [0.1, 0.15) is 49.4 Å². The number of aromatic hydroxyl groups is 1. The van der Waals surface area contributed by atoms with Gasteiger partial charge < -0.3 is 10.4 Å². The molecule has 0 spiro atoms. The third kappa shape index (κ3) is 4.99. The number of phenols is 1. The van der Waals surface area contributed by atoms with E-state index in [1.807, 2.05) is 22.9 Å². The van der Waals surface area contributed by atoms with Crippen molar-refractivity contribution in [1.82, 2.24) is 19.1 Å². The maximum Gasteiger partial charge on any atom is 0.259 e. The molecule has 166 valence electrons. The van der Waals surface area contributed by atoms with Crippen LogP contribution in [0.4, 0.5) is 5.82 Å². The maximum absolute atomic E-state index is 12.6. The first-order valence-corrected chi connectivity index (χ1v) is 12.3. The number of nitrogens with zero attached hydrogens (tertiary/aromatic N) is 4. The summed E-state index contributed by atoms with van der Waals surface area (Å²) >= 11 is 4.85. The van der Waals surface area contributed by atoms with E-state index < -0.39 is 0 Å². The molecule has 0 bridgehead atoms. The molecule has 0 aliphatic carbocycles. The minimum absolute atomic E-state index is 0.205. The quantitative estimate of drug-likeness (QED) is 0.258. The van der Waals surface area contributed by atoms with Crippen LogP contribution in [0, 0.1) is 0 Å². The summed E-state index contributed by atoms with van der Waals surface area (Å²) in [5, 5.41) is 19.7. The number of halogens is 1. The molecule has 4 aromatic rings. The van der Waals surface area contributed by atoms with Crippen LogP contribution >= 0.6 is 27.5 Å². The molecule has 7 nitrogen and oxygen atoms in total. The SMILES string of the molecule is CCCCCCCn1nc(NC(=O)c2cnsc2)c2cc(Br)c(-c3ccc(O)cc3)nc21. The van der Waals surface area contributed by atoms with Gasteiger partial charge in [0.2, 0.25) is 0 Å². The summed E-state index contributed by atoms with van der Waals surface area (Å²) in [7, 11) is 0. The predicted molar refractivity (Wildman–Crippen MR) is 131 cm³/mol. The first-order valence-electron chi connectivity index (χ1n) is 10.6. The van der Waals surface area contributed by atoms with Crippen molar-refractivity contribution in [3.8, 4) is 17.0 Å². The average molecular weight is 514 g/mol. The summed E-state index contributed by atoms with van der Waals surface area (Å²) in [5.74, 6) is 0.443. The summed E-state index contributed by atoms with van der Waals surface area (Å²) in [5.41, 5.74) is 2.85. The third-order valence-corrected chi connectivity index (χ3v) is 6.41. The van der Waals surface area contributed by atoms with Crippen molar-refractivity contribution >= 4 is 50.2 Å². The highest BCUT2D eigenvalue weighted by molar-refractivity contribution is 9.10. The molecule has 0 fully saturated rings. The molecule has 0 aliphatic rings. The van der Waals surface area contributed by atoms with Crippen LogP contribution in [-0.2, 0) is 6.54 Å². The van der Waals surface area contributed by atoms with Gasteiger partial charge in [-0.25, -0.2) is 14.0 Å². The number of amides is 1. The zero-order valence-electron chi connectivity index (χ0n) is 17.7. The van der Waals surface area contributed by atoms with Gasteiger partial charge in [0, 0.05) is 22.0 Å². The Morgan fingerprint density at radius 1 is 1.19 bits per heavy atom. The standard InChI is InChI=1S/C23H24BrN5O2S/c1-2-3-4-5-6-11-29-22-18(21(28-29)27-23(31)16-13-25-32-14-16)12-19(24)20(26-22)15-7-9-17(30)10-8-15/h7-10,12-14,30H,2-6,11H2,1H3,(H,27,28,31). The lowest BCUT2D eigenvalue weighted by atomic mass is 10.1. The topological polar surface area (TPSA) is 92.9 Å². The zero-order chi connectivity index (χ0) is 22.5. The Kier molecular flexibility index (Phi) is 7.16. The number of nitrogens with one attached hydrogen (secondary N) is 1. The molecular weight excluding hydrogens is 490 g/mol. The number of aryl methyl sites for hydroxylation is 1. The Balaban J connectivity index is 1.70. The number of anilines is 1. The number of phenolic OH excluding ortho intramolecular Hbond substituents is 1. The van der Waals surface area contributed by atoms with Crippen molar-refractivity contribution in [2.75, 3.05) is 5.32 Å². The van der Waals surface area contributed by atoms with E-state index in [0.29, 0.717) is 17.0 Å². The van der Waals surface area contributed by atoms with E-state index in [1.165, 1.54) is 30.8 Å². The van der Waals surface area contributed by atoms with Crippen LogP contribution in [0.15, 0.2) is 46.4 Å². The number of hydrogen-bond acceptors (Lipinski definition) is 6. The number of fused-ring (bicyclic) bond motifs is 1. The first-order chi connectivity index (χ1) is 15.6. The van der Waals surface area contributed by atoms with Crippen molar-refractivity contribution in [1.29, 1.82) is 0 Å². The molecule has 0 saturated heterocycles. The number of carbonyl (C=O) groups excluding carboxylic acids is 1. The number of carbonyl (C=O) groups is 1. The molecule has 2 N–H and O–H groups in total. The summed E-state index contributed by atoms with van der Waals surface area (Å²) in [4.78, 5) is 17.5. The molecule has 0 atom stereocenters. The number of rotatable bonds is 9. The van der Waals surface area contributed by atoms with Gasteiger partial charge in [0.05, 0.1) is 22.8 Å². The van der Waals surface area contributed by atoms with Gasteiger partial charge >= 0.3 is 0 Å². The van der Waals surface area contributed by atoms with Gasteiger partial charge in [-0.2, -0.15) is 5.10 Å². The predicted octanol–water partition coefficient (Wildman–Crippen LogP) is 6.25. The van der Waals surface area contributed by atoms with Gasteiger partial charge in [-0.15, -0.1) is 0 Å². The Morgan fingerprint density at radius 3 is 2.69 bits per heavy atom. The minimum Gasteiger partial charge on any atom is -0.508 e. The van der Waals surface area contributed by atoms with Crippen LogP contribution in [0.3, 0.4) is 0 Å². The first kappa shape index (κ1) is 22.4. The second kappa shape index (κ2) is 10.2. The van der Waals surface area contributed by atoms with E-state index in [0.717, 1.165) is 40.5 Å². The lowest BCUT2D eigenvalue weighted by Crippen LogP contribution is -2.12. The summed E-state index contributed by atoms with van der Waals surface area (Å²) in [6.45, 7) is 2.92. The molecule has 32 heavy (non-hydrogen) atoms. The van der Waals surface area contributed by atoms with Gasteiger partial charge in [0.1, 0.15) is 5.75 Å². The minimum atomic E-state index is -0.244. The van der Waals surface area contributed by atoms with Crippen LogP contribution in [-0.4, -0.2) is 30.2 Å². The fourth-order valence-corrected chi connectivity index (χ4v) is 4.57.